The molecule has 3 heterocycles. The summed E-state index contributed by atoms with van der Waals surface area (Å²) in [5.41, 5.74) is -1.51. The molecule has 0 saturated carbocycles. The average Bonchev–Trinajstić information content (AvgIpc) is 3.21. The van der Waals surface area contributed by atoms with Crippen molar-refractivity contribution in [2.45, 2.75) is 25.0 Å². The molecule has 2 fully saturated rings. The molecule has 2 saturated heterocycles. The van der Waals surface area contributed by atoms with E-state index < -0.39 is 34.9 Å². The number of rotatable bonds is 4. The molecule has 0 radical (unpaired) electrons. The molecule has 26 heavy (non-hydrogen) atoms. The Morgan fingerprint density at radius 1 is 1.27 bits per heavy atom. The molecule has 7 nitrogen and oxygen atoms in total. The third kappa shape index (κ3) is 2.04. The Kier molecular flexibility index (Phi) is 3.58. The predicted octanol–water partition coefficient (Wildman–Crippen LogP) is 1.06. The fraction of sp³-hybridized carbons (Fsp3) is 0.421. The van der Waals surface area contributed by atoms with Crippen molar-refractivity contribution in [2.24, 2.45) is 11.8 Å². The van der Waals surface area contributed by atoms with Gasteiger partial charge in [0.05, 0.1) is 41.9 Å². The lowest BCUT2D eigenvalue weighted by atomic mass is 9.73. The number of ether oxygens (including phenoxy) is 2. The number of aliphatic hydroxyl groups is 1. The Morgan fingerprint density at radius 2 is 2.00 bits per heavy atom. The number of anilines is 1. The summed E-state index contributed by atoms with van der Waals surface area (Å²) in [6.07, 6.45) is 3.42. The van der Waals surface area contributed by atoms with Crippen LogP contribution in [0.5, 0.6) is 0 Å². The first-order chi connectivity index (χ1) is 12.4. The number of carbonyl (C=O) groups excluding carboxylic acids is 3. The van der Waals surface area contributed by atoms with Crippen molar-refractivity contribution in [1.82, 2.24) is 0 Å². The van der Waals surface area contributed by atoms with Crippen molar-refractivity contribution < 1.29 is 29.0 Å². The number of carbonyl (C=O) groups is 3. The summed E-state index contributed by atoms with van der Waals surface area (Å²) in [5, 5.41) is 9.82. The van der Waals surface area contributed by atoms with Gasteiger partial charge in [-0.15, -0.1) is 0 Å². The number of imide groups is 1. The van der Waals surface area contributed by atoms with Crippen LogP contribution in [0.25, 0.3) is 0 Å². The predicted molar refractivity (Wildman–Crippen MR) is 90.3 cm³/mol. The van der Waals surface area contributed by atoms with Crippen molar-refractivity contribution in [3.8, 4) is 0 Å². The second-order valence-electron chi connectivity index (χ2n) is 6.97. The first-order valence-corrected chi connectivity index (χ1v) is 8.53. The van der Waals surface area contributed by atoms with E-state index in [9.17, 15) is 19.5 Å². The minimum atomic E-state index is -1.17. The van der Waals surface area contributed by atoms with Gasteiger partial charge in [-0.25, -0.2) is 9.69 Å². The summed E-state index contributed by atoms with van der Waals surface area (Å²) in [4.78, 5) is 39.2. The molecule has 0 aromatic heterocycles. The van der Waals surface area contributed by atoms with Gasteiger partial charge in [0.2, 0.25) is 11.8 Å². The Labute approximate surface area is 150 Å². The van der Waals surface area contributed by atoms with Gasteiger partial charge in [0.1, 0.15) is 5.60 Å². The van der Waals surface area contributed by atoms with E-state index in [4.69, 9.17) is 9.47 Å². The molecule has 2 amide bonds. The summed E-state index contributed by atoms with van der Waals surface area (Å²) in [5.74, 6) is -2.80. The smallest absolute Gasteiger partial charge is 0.338 e. The number of amides is 2. The maximum absolute atomic E-state index is 13.1. The van der Waals surface area contributed by atoms with Crippen molar-refractivity contribution in [2.75, 3.05) is 18.1 Å². The number of nitrogens with zero attached hydrogens (tertiary/aromatic N) is 1. The van der Waals surface area contributed by atoms with Crippen LogP contribution < -0.4 is 4.90 Å². The van der Waals surface area contributed by atoms with E-state index in [1.165, 1.54) is 6.07 Å². The van der Waals surface area contributed by atoms with Crippen molar-refractivity contribution in [3.63, 3.8) is 0 Å². The van der Waals surface area contributed by atoms with Gasteiger partial charge in [0.15, 0.2) is 0 Å². The van der Waals surface area contributed by atoms with Crippen LogP contribution in [0.1, 0.15) is 24.2 Å². The standard InChI is InChI=1S/C19H19NO6/c1-3-25-17(24)11-5-4-6-12(9-11)20-15(22)13-14(16(20)23)19(10-21)8-7-18(13,2)26-19/h4-9,13-14,21H,3,10H2,1-2H3/t13-,14-,18-,19+/m0/s1. The number of fused-ring (bicyclic) bond motifs is 5. The summed E-state index contributed by atoms with van der Waals surface area (Å²) < 4.78 is 10.9. The molecule has 2 bridgehead atoms. The lowest BCUT2D eigenvalue weighted by Crippen LogP contribution is -2.43. The quantitative estimate of drug-likeness (QED) is 0.492. The molecule has 4 atom stereocenters. The Hall–Kier alpha value is -2.51. The maximum Gasteiger partial charge on any atom is 0.338 e. The van der Waals surface area contributed by atoms with Crippen LogP contribution in [0, 0.1) is 11.8 Å². The topological polar surface area (TPSA) is 93.1 Å². The molecule has 4 rings (SSSR count). The molecule has 0 unspecified atom stereocenters. The van der Waals surface area contributed by atoms with Crippen LogP contribution in [-0.2, 0) is 19.1 Å². The molecule has 3 aliphatic heterocycles. The zero-order chi connectivity index (χ0) is 18.7. The molecule has 0 aliphatic carbocycles. The lowest BCUT2D eigenvalue weighted by molar-refractivity contribution is -0.131. The van der Waals surface area contributed by atoms with Crippen molar-refractivity contribution in [3.05, 3.63) is 42.0 Å². The molecular weight excluding hydrogens is 338 g/mol. The van der Waals surface area contributed by atoms with E-state index in [0.29, 0.717) is 5.69 Å². The van der Waals surface area contributed by atoms with Gasteiger partial charge < -0.3 is 14.6 Å². The highest BCUT2D eigenvalue weighted by atomic mass is 16.5. The highest BCUT2D eigenvalue weighted by Crippen LogP contribution is 2.57. The Bertz CT molecular complexity index is 848. The highest BCUT2D eigenvalue weighted by Gasteiger charge is 2.72. The second kappa shape index (κ2) is 5.49. The van der Waals surface area contributed by atoms with Crippen LogP contribution >= 0.6 is 0 Å². The Morgan fingerprint density at radius 3 is 2.69 bits per heavy atom. The molecule has 136 valence electrons. The fourth-order valence-electron chi connectivity index (χ4n) is 4.28. The van der Waals surface area contributed by atoms with Gasteiger partial charge in [-0.1, -0.05) is 18.2 Å². The van der Waals surface area contributed by atoms with Crippen LogP contribution in [0.3, 0.4) is 0 Å². The second-order valence-corrected chi connectivity index (χ2v) is 6.97. The van der Waals surface area contributed by atoms with Gasteiger partial charge in [0, 0.05) is 0 Å². The number of benzene rings is 1. The number of hydrogen-bond acceptors (Lipinski definition) is 6. The molecule has 1 N–H and O–H groups in total. The third-order valence-electron chi connectivity index (χ3n) is 5.42. The van der Waals surface area contributed by atoms with Crippen LogP contribution in [0.4, 0.5) is 5.69 Å². The number of hydrogen-bond donors (Lipinski definition) is 1. The highest BCUT2D eigenvalue weighted by molar-refractivity contribution is 6.23. The van der Waals surface area contributed by atoms with E-state index >= 15 is 0 Å². The average molecular weight is 357 g/mol. The summed E-state index contributed by atoms with van der Waals surface area (Å²) >= 11 is 0. The molecule has 1 aromatic carbocycles. The third-order valence-corrected chi connectivity index (χ3v) is 5.42. The Balaban J connectivity index is 1.73. The molecule has 1 aromatic rings. The monoisotopic (exact) mass is 357 g/mol. The van der Waals surface area contributed by atoms with Crippen LogP contribution in [0.15, 0.2) is 36.4 Å². The van der Waals surface area contributed by atoms with Gasteiger partial charge in [-0.3, -0.25) is 9.59 Å². The first kappa shape index (κ1) is 16.9. The largest absolute Gasteiger partial charge is 0.462 e. The number of esters is 1. The zero-order valence-electron chi connectivity index (χ0n) is 14.5. The van der Waals surface area contributed by atoms with E-state index in [1.54, 1.807) is 44.2 Å². The fourth-order valence-corrected chi connectivity index (χ4v) is 4.28. The molecular formula is C19H19NO6. The summed E-state index contributed by atoms with van der Waals surface area (Å²) in [6, 6.07) is 6.24. The van der Waals surface area contributed by atoms with Crippen LogP contribution in [-0.4, -0.2) is 47.3 Å². The van der Waals surface area contributed by atoms with Gasteiger partial charge in [-0.05, 0) is 32.0 Å². The molecule has 3 aliphatic rings. The van der Waals surface area contributed by atoms with E-state index in [2.05, 4.69) is 0 Å². The summed E-state index contributed by atoms with van der Waals surface area (Å²) in [6.45, 7) is 3.30. The minimum absolute atomic E-state index is 0.231. The number of aliphatic hydroxyl groups excluding tert-OH is 1. The maximum atomic E-state index is 13.1. The summed E-state index contributed by atoms with van der Waals surface area (Å²) in [7, 11) is 0. The minimum Gasteiger partial charge on any atom is -0.462 e. The van der Waals surface area contributed by atoms with Crippen molar-refractivity contribution >= 4 is 23.5 Å². The van der Waals surface area contributed by atoms with Crippen molar-refractivity contribution in [1.29, 1.82) is 0 Å². The molecule has 7 heteroatoms. The van der Waals surface area contributed by atoms with E-state index in [-0.39, 0.29) is 24.7 Å². The van der Waals surface area contributed by atoms with Crippen LogP contribution in [0.2, 0.25) is 0 Å². The van der Waals surface area contributed by atoms with Gasteiger partial charge in [-0.2, -0.15) is 0 Å². The van der Waals surface area contributed by atoms with E-state index in [1.807, 2.05) is 0 Å². The zero-order valence-corrected chi connectivity index (χ0v) is 14.5. The SMILES string of the molecule is CCOC(=O)c1cccc(N2C(=O)[C@@H]3[C@@H](C2=O)[C@]2(C)C=C[C@]3(CO)O2)c1. The first-order valence-electron chi connectivity index (χ1n) is 8.53. The molecule has 0 spiro atoms. The normalized spacial score (nSPS) is 34.5. The van der Waals surface area contributed by atoms with Gasteiger partial charge in [0.25, 0.3) is 0 Å². The lowest BCUT2D eigenvalue weighted by Gasteiger charge is -2.27. The van der Waals surface area contributed by atoms with Gasteiger partial charge >= 0.3 is 5.97 Å². The van der Waals surface area contributed by atoms with E-state index in [0.717, 1.165) is 4.90 Å².